The normalized spacial score (nSPS) is 10.2. The minimum Gasteiger partial charge on any atom is -0.461 e. The molecular weight excluding hydrogens is 297 g/mol. The molecule has 110 valence electrons. The average Bonchev–Trinajstić information content (AvgIpc) is 2.94. The SMILES string of the molecule is CCOC(=O)c1nc(COC(=O)c2ccccc2F)cs1. The maximum atomic E-state index is 13.4. The van der Waals surface area contributed by atoms with Crippen molar-refractivity contribution in [3.8, 4) is 0 Å². The molecule has 0 N–H and O–H groups in total. The van der Waals surface area contributed by atoms with Crippen LogP contribution in [-0.4, -0.2) is 23.5 Å². The number of ether oxygens (including phenoxy) is 2. The zero-order valence-electron chi connectivity index (χ0n) is 11.2. The van der Waals surface area contributed by atoms with E-state index in [2.05, 4.69) is 4.98 Å². The zero-order chi connectivity index (χ0) is 15.2. The molecule has 0 saturated carbocycles. The van der Waals surface area contributed by atoms with Gasteiger partial charge >= 0.3 is 11.9 Å². The van der Waals surface area contributed by atoms with E-state index in [9.17, 15) is 14.0 Å². The molecule has 0 unspecified atom stereocenters. The number of carbonyl (C=O) groups excluding carboxylic acids is 2. The lowest BCUT2D eigenvalue weighted by Crippen LogP contribution is -2.08. The monoisotopic (exact) mass is 309 g/mol. The Hall–Kier alpha value is -2.28. The number of halogens is 1. The van der Waals surface area contributed by atoms with E-state index in [1.54, 1.807) is 18.4 Å². The molecule has 0 aliphatic heterocycles. The number of esters is 2. The van der Waals surface area contributed by atoms with Crippen LogP contribution in [0.1, 0.15) is 32.8 Å². The van der Waals surface area contributed by atoms with Crippen molar-refractivity contribution in [2.45, 2.75) is 13.5 Å². The summed E-state index contributed by atoms with van der Waals surface area (Å²) in [5.74, 6) is -1.94. The lowest BCUT2D eigenvalue weighted by molar-refractivity contribution is 0.0463. The van der Waals surface area contributed by atoms with E-state index < -0.39 is 17.8 Å². The fourth-order valence-electron chi connectivity index (χ4n) is 1.50. The first-order valence-electron chi connectivity index (χ1n) is 6.15. The molecule has 0 spiro atoms. The zero-order valence-corrected chi connectivity index (χ0v) is 12.0. The van der Waals surface area contributed by atoms with Crippen LogP contribution in [0.4, 0.5) is 4.39 Å². The highest BCUT2D eigenvalue weighted by atomic mass is 32.1. The summed E-state index contributed by atoms with van der Waals surface area (Å²) in [7, 11) is 0. The molecule has 1 aromatic carbocycles. The van der Waals surface area contributed by atoms with Gasteiger partial charge in [-0.05, 0) is 19.1 Å². The van der Waals surface area contributed by atoms with E-state index in [1.807, 2.05) is 0 Å². The van der Waals surface area contributed by atoms with E-state index in [4.69, 9.17) is 9.47 Å². The Bertz CT molecular complexity index is 656. The summed E-state index contributed by atoms with van der Waals surface area (Å²) < 4.78 is 23.1. The highest BCUT2D eigenvalue weighted by Crippen LogP contribution is 2.14. The summed E-state index contributed by atoms with van der Waals surface area (Å²) in [6.45, 7) is 1.82. The Morgan fingerprint density at radius 2 is 2.00 bits per heavy atom. The van der Waals surface area contributed by atoms with Crippen LogP contribution >= 0.6 is 11.3 Å². The minimum atomic E-state index is -0.779. The molecule has 2 rings (SSSR count). The first-order chi connectivity index (χ1) is 10.1. The number of rotatable bonds is 5. The Labute approximate surface area is 124 Å². The van der Waals surface area contributed by atoms with Gasteiger partial charge in [0.2, 0.25) is 5.01 Å². The summed E-state index contributed by atoms with van der Waals surface area (Å²) >= 11 is 1.10. The van der Waals surface area contributed by atoms with E-state index in [0.29, 0.717) is 5.69 Å². The number of aromatic nitrogens is 1. The molecule has 5 nitrogen and oxygen atoms in total. The van der Waals surface area contributed by atoms with Gasteiger partial charge in [-0.25, -0.2) is 19.0 Å². The van der Waals surface area contributed by atoms with Crippen molar-refractivity contribution in [1.82, 2.24) is 4.98 Å². The number of thiazole rings is 1. The second-order valence-corrected chi connectivity index (χ2v) is 4.78. The third-order valence-electron chi connectivity index (χ3n) is 2.45. The van der Waals surface area contributed by atoms with Crippen LogP contribution in [0, 0.1) is 5.82 Å². The summed E-state index contributed by atoms with van der Waals surface area (Å²) in [4.78, 5) is 27.1. The van der Waals surface area contributed by atoms with Gasteiger partial charge in [-0.3, -0.25) is 0 Å². The lowest BCUT2D eigenvalue weighted by atomic mass is 10.2. The predicted octanol–water partition coefficient (Wildman–Crippen LogP) is 2.82. The first kappa shape index (κ1) is 15.1. The highest BCUT2D eigenvalue weighted by Gasteiger charge is 2.15. The molecule has 0 saturated heterocycles. The van der Waals surface area contributed by atoms with Crippen molar-refractivity contribution < 1.29 is 23.5 Å². The fraction of sp³-hybridized carbons (Fsp3) is 0.214. The van der Waals surface area contributed by atoms with Crippen molar-refractivity contribution in [2.24, 2.45) is 0 Å². The summed E-state index contributed by atoms with van der Waals surface area (Å²) in [5, 5.41) is 1.77. The Morgan fingerprint density at radius 3 is 2.71 bits per heavy atom. The van der Waals surface area contributed by atoms with Gasteiger partial charge in [0, 0.05) is 5.38 Å². The third kappa shape index (κ3) is 3.85. The molecule has 0 fully saturated rings. The van der Waals surface area contributed by atoms with E-state index in [1.165, 1.54) is 18.2 Å². The molecule has 21 heavy (non-hydrogen) atoms. The minimum absolute atomic E-state index is 0.136. The summed E-state index contributed by atoms with van der Waals surface area (Å²) in [5.41, 5.74) is 0.270. The van der Waals surface area contributed by atoms with Gasteiger partial charge in [0.25, 0.3) is 0 Å². The molecule has 1 aromatic heterocycles. The second-order valence-electron chi connectivity index (χ2n) is 3.92. The second kappa shape index (κ2) is 6.94. The number of benzene rings is 1. The summed E-state index contributed by atoms with van der Waals surface area (Å²) in [6, 6.07) is 5.54. The lowest BCUT2D eigenvalue weighted by Gasteiger charge is -2.03. The smallest absolute Gasteiger partial charge is 0.367 e. The third-order valence-corrected chi connectivity index (χ3v) is 3.32. The van der Waals surface area contributed by atoms with E-state index >= 15 is 0 Å². The Kier molecular flexibility index (Phi) is 4.99. The molecule has 0 radical (unpaired) electrons. The number of hydrogen-bond acceptors (Lipinski definition) is 6. The van der Waals surface area contributed by atoms with Crippen molar-refractivity contribution in [3.63, 3.8) is 0 Å². The van der Waals surface area contributed by atoms with Crippen LogP contribution in [-0.2, 0) is 16.1 Å². The van der Waals surface area contributed by atoms with Crippen molar-refractivity contribution in [3.05, 3.63) is 51.7 Å². The van der Waals surface area contributed by atoms with E-state index in [-0.39, 0.29) is 23.8 Å². The van der Waals surface area contributed by atoms with Gasteiger partial charge in [0.1, 0.15) is 12.4 Å². The molecule has 0 atom stereocenters. The molecule has 0 amide bonds. The average molecular weight is 309 g/mol. The number of nitrogens with zero attached hydrogens (tertiary/aromatic N) is 1. The van der Waals surface area contributed by atoms with E-state index in [0.717, 1.165) is 11.3 Å². The van der Waals surface area contributed by atoms with Crippen LogP contribution < -0.4 is 0 Å². The molecular formula is C14H12FNO4S. The maximum Gasteiger partial charge on any atom is 0.367 e. The van der Waals surface area contributed by atoms with Crippen LogP contribution in [0.5, 0.6) is 0 Å². The van der Waals surface area contributed by atoms with Crippen molar-refractivity contribution in [2.75, 3.05) is 6.61 Å². The highest BCUT2D eigenvalue weighted by molar-refractivity contribution is 7.11. The number of hydrogen-bond donors (Lipinski definition) is 0. The largest absolute Gasteiger partial charge is 0.461 e. The predicted molar refractivity (Wildman–Crippen MR) is 73.6 cm³/mol. The van der Waals surface area contributed by atoms with Crippen molar-refractivity contribution in [1.29, 1.82) is 0 Å². The van der Waals surface area contributed by atoms with Crippen LogP contribution in [0.2, 0.25) is 0 Å². The van der Waals surface area contributed by atoms with Gasteiger partial charge in [0.05, 0.1) is 17.9 Å². The van der Waals surface area contributed by atoms with Crippen molar-refractivity contribution >= 4 is 23.3 Å². The van der Waals surface area contributed by atoms with Gasteiger partial charge < -0.3 is 9.47 Å². The van der Waals surface area contributed by atoms with Gasteiger partial charge in [-0.2, -0.15) is 0 Å². The van der Waals surface area contributed by atoms with Gasteiger partial charge in [0.15, 0.2) is 0 Å². The molecule has 0 aliphatic rings. The first-order valence-corrected chi connectivity index (χ1v) is 7.03. The molecule has 0 bridgehead atoms. The quantitative estimate of drug-likeness (QED) is 0.795. The topological polar surface area (TPSA) is 65.5 Å². The standard InChI is InChI=1S/C14H12FNO4S/c1-2-19-14(18)12-16-9(8-21-12)7-20-13(17)10-5-3-4-6-11(10)15/h3-6,8H,2,7H2,1H3. The van der Waals surface area contributed by atoms with Crippen LogP contribution in [0.15, 0.2) is 29.6 Å². The van der Waals surface area contributed by atoms with Crippen LogP contribution in [0.25, 0.3) is 0 Å². The van der Waals surface area contributed by atoms with Crippen LogP contribution in [0.3, 0.4) is 0 Å². The molecule has 7 heteroatoms. The molecule has 2 aromatic rings. The summed E-state index contributed by atoms with van der Waals surface area (Å²) in [6.07, 6.45) is 0. The Balaban J connectivity index is 1.96. The van der Waals surface area contributed by atoms with Gasteiger partial charge in [-0.1, -0.05) is 12.1 Å². The molecule has 1 heterocycles. The van der Waals surface area contributed by atoms with Gasteiger partial charge in [-0.15, -0.1) is 11.3 Å². The number of carbonyl (C=O) groups is 2. The molecule has 0 aliphatic carbocycles. The maximum absolute atomic E-state index is 13.4. The Morgan fingerprint density at radius 1 is 1.24 bits per heavy atom. The fourth-order valence-corrected chi connectivity index (χ4v) is 2.20.